The van der Waals surface area contributed by atoms with Gasteiger partial charge in [-0.3, -0.25) is 0 Å². The molecule has 7 nitrogen and oxygen atoms in total. The zero-order valence-corrected chi connectivity index (χ0v) is 26.0. The summed E-state index contributed by atoms with van der Waals surface area (Å²) < 4.78 is 44.3. The number of unbranched alkanes of at least 4 members (excludes halogenated alkanes) is 13. The zero-order chi connectivity index (χ0) is 26.7. The van der Waals surface area contributed by atoms with Gasteiger partial charge < -0.3 is 14.0 Å². The fourth-order valence-electron chi connectivity index (χ4n) is 4.06. The molecule has 0 saturated heterocycles. The zero-order valence-electron chi connectivity index (χ0n) is 23.2. The summed E-state index contributed by atoms with van der Waals surface area (Å²) in [4.78, 5) is 25.0. The SMILES string of the molecule is CCCCCCCCCCCCCCCCOC(=O)c1ccccc1C(=O)OC(CCC)S(=O)(=O)[O-].[Na+]. The van der Waals surface area contributed by atoms with Gasteiger partial charge in [0.15, 0.2) is 5.44 Å². The van der Waals surface area contributed by atoms with Crippen molar-refractivity contribution in [3.63, 3.8) is 0 Å². The molecule has 0 aliphatic rings. The molecule has 0 saturated carbocycles. The molecule has 0 aliphatic carbocycles. The van der Waals surface area contributed by atoms with Crippen LogP contribution in [0.2, 0.25) is 0 Å². The minimum absolute atomic E-state index is 0. The molecule has 1 aromatic rings. The second-order valence-corrected chi connectivity index (χ2v) is 10.9. The van der Waals surface area contributed by atoms with Crippen molar-refractivity contribution in [3.05, 3.63) is 35.4 Å². The number of hydrogen-bond acceptors (Lipinski definition) is 7. The average molecular weight is 549 g/mol. The Labute approximate surface area is 246 Å². The van der Waals surface area contributed by atoms with Crippen molar-refractivity contribution in [3.8, 4) is 0 Å². The monoisotopic (exact) mass is 548 g/mol. The van der Waals surface area contributed by atoms with Crippen molar-refractivity contribution in [2.75, 3.05) is 6.61 Å². The van der Waals surface area contributed by atoms with Crippen LogP contribution in [0.5, 0.6) is 0 Å². The summed E-state index contributed by atoms with van der Waals surface area (Å²) in [5, 5.41) is 0. The fourth-order valence-corrected chi connectivity index (χ4v) is 4.79. The van der Waals surface area contributed by atoms with E-state index in [1.54, 1.807) is 13.0 Å². The van der Waals surface area contributed by atoms with Crippen LogP contribution in [-0.2, 0) is 19.6 Å². The summed E-state index contributed by atoms with van der Waals surface area (Å²) in [5.41, 5.74) is -1.91. The molecule has 206 valence electrons. The van der Waals surface area contributed by atoms with E-state index in [2.05, 4.69) is 6.92 Å². The Morgan fingerprint density at radius 3 is 1.59 bits per heavy atom. The number of rotatable bonds is 21. The minimum atomic E-state index is -4.81. The van der Waals surface area contributed by atoms with Crippen molar-refractivity contribution < 1.29 is 61.6 Å². The second-order valence-electron chi connectivity index (χ2n) is 9.39. The minimum Gasteiger partial charge on any atom is -0.745 e. The molecule has 0 fully saturated rings. The number of carbonyl (C=O) groups excluding carboxylic acids is 2. The van der Waals surface area contributed by atoms with Gasteiger partial charge >= 0.3 is 41.5 Å². The summed E-state index contributed by atoms with van der Waals surface area (Å²) in [7, 11) is -4.81. The van der Waals surface area contributed by atoms with E-state index in [4.69, 9.17) is 9.47 Å². The third-order valence-electron chi connectivity index (χ3n) is 6.18. The van der Waals surface area contributed by atoms with Gasteiger partial charge in [0, 0.05) is 0 Å². The number of carbonyl (C=O) groups is 2. The molecule has 1 atom stereocenters. The van der Waals surface area contributed by atoms with Gasteiger partial charge in [-0.2, -0.15) is 0 Å². The number of benzene rings is 1. The molecule has 0 heterocycles. The van der Waals surface area contributed by atoms with Gasteiger partial charge in [0.05, 0.1) is 17.7 Å². The Hall–Kier alpha value is -0.930. The summed E-state index contributed by atoms with van der Waals surface area (Å²) in [5.74, 6) is -1.70. The van der Waals surface area contributed by atoms with E-state index < -0.39 is 27.5 Å². The molecule has 0 N–H and O–H groups in total. The average Bonchev–Trinajstić information content (AvgIpc) is 2.85. The third-order valence-corrected chi connectivity index (χ3v) is 7.16. The van der Waals surface area contributed by atoms with Crippen LogP contribution in [0.25, 0.3) is 0 Å². The molecule has 0 aliphatic heterocycles. The van der Waals surface area contributed by atoms with Crippen LogP contribution in [-0.4, -0.2) is 37.0 Å². The van der Waals surface area contributed by atoms with Crippen molar-refractivity contribution in [2.24, 2.45) is 0 Å². The van der Waals surface area contributed by atoms with Crippen LogP contribution in [0.1, 0.15) is 137 Å². The topological polar surface area (TPSA) is 110 Å². The van der Waals surface area contributed by atoms with E-state index >= 15 is 0 Å². The van der Waals surface area contributed by atoms with Crippen LogP contribution in [0.4, 0.5) is 0 Å². The van der Waals surface area contributed by atoms with Gasteiger partial charge in [0.1, 0.15) is 10.1 Å². The van der Waals surface area contributed by atoms with E-state index in [-0.39, 0.29) is 53.7 Å². The van der Waals surface area contributed by atoms with E-state index in [1.165, 1.54) is 88.8 Å². The van der Waals surface area contributed by atoms with Crippen LogP contribution >= 0.6 is 0 Å². The van der Waals surface area contributed by atoms with E-state index in [0.717, 1.165) is 19.3 Å². The van der Waals surface area contributed by atoms with Crippen molar-refractivity contribution in [2.45, 2.75) is 122 Å². The van der Waals surface area contributed by atoms with E-state index in [1.807, 2.05) is 0 Å². The molecule has 0 aromatic heterocycles. The smallest absolute Gasteiger partial charge is 0.745 e. The Balaban J connectivity index is 0.0000130. The third kappa shape index (κ3) is 16.6. The first-order chi connectivity index (χ1) is 17.3. The molecular weight excluding hydrogens is 503 g/mol. The Kier molecular flexibility index (Phi) is 21.4. The fraction of sp³-hybridized carbons (Fsp3) is 0.714. The Morgan fingerprint density at radius 1 is 0.730 bits per heavy atom. The Bertz CT molecular complexity index is 858. The largest absolute Gasteiger partial charge is 1.00 e. The summed E-state index contributed by atoms with van der Waals surface area (Å²) >= 11 is 0. The van der Waals surface area contributed by atoms with Crippen molar-refractivity contribution in [1.82, 2.24) is 0 Å². The molecule has 1 unspecified atom stereocenters. The maximum atomic E-state index is 12.5. The van der Waals surface area contributed by atoms with Crippen LogP contribution in [0.3, 0.4) is 0 Å². The van der Waals surface area contributed by atoms with Crippen LogP contribution in [0, 0.1) is 0 Å². The van der Waals surface area contributed by atoms with Gasteiger partial charge in [-0.1, -0.05) is 116 Å². The molecule has 0 amide bonds. The number of esters is 2. The summed E-state index contributed by atoms with van der Waals surface area (Å²) in [6.07, 6.45) is 17.5. The number of hydrogen-bond donors (Lipinski definition) is 0. The first kappa shape index (κ1) is 36.1. The Morgan fingerprint density at radius 2 is 1.16 bits per heavy atom. The molecular formula is C28H45NaO7S. The van der Waals surface area contributed by atoms with Gasteiger partial charge in [-0.25, -0.2) is 18.0 Å². The van der Waals surface area contributed by atoms with Crippen LogP contribution < -0.4 is 29.6 Å². The van der Waals surface area contributed by atoms with Gasteiger partial charge in [0.25, 0.3) is 0 Å². The normalized spacial score (nSPS) is 12.0. The molecule has 37 heavy (non-hydrogen) atoms. The van der Waals surface area contributed by atoms with Crippen molar-refractivity contribution >= 4 is 22.1 Å². The molecule has 0 bridgehead atoms. The first-order valence-corrected chi connectivity index (χ1v) is 15.2. The molecule has 9 heteroatoms. The molecule has 0 spiro atoms. The second kappa shape index (κ2) is 21.9. The quantitative estimate of drug-likeness (QED) is 0.0982. The summed E-state index contributed by atoms with van der Waals surface area (Å²) in [6.45, 7) is 4.16. The maximum absolute atomic E-state index is 12.5. The summed E-state index contributed by atoms with van der Waals surface area (Å²) in [6, 6.07) is 5.88. The van der Waals surface area contributed by atoms with Gasteiger partial charge in [-0.15, -0.1) is 0 Å². The molecule has 0 radical (unpaired) electrons. The van der Waals surface area contributed by atoms with Crippen LogP contribution in [0.15, 0.2) is 24.3 Å². The van der Waals surface area contributed by atoms with Gasteiger partial charge in [0.2, 0.25) is 0 Å². The van der Waals surface area contributed by atoms with E-state index in [9.17, 15) is 22.6 Å². The van der Waals surface area contributed by atoms with Crippen molar-refractivity contribution in [1.29, 1.82) is 0 Å². The maximum Gasteiger partial charge on any atom is 1.00 e. The standard InChI is InChI=1S/C28H46O7S.Na/c1-3-5-6-7-8-9-10-11-12-13-14-15-16-19-23-34-27(29)24-21-17-18-22-25(24)28(30)35-26(20-4-2)36(31,32)33;/h17-18,21-22,26H,3-16,19-20,23H2,1-2H3,(H,31,32,33);/q;+1/p-1. The number of ether oxygens (including phenoxy) is 2. The molecule has 1 rings (SSSR count). The molecule has 1 aromatic carbocycles. The first-order valence-electron chi connectivity index (χ1n) is 13.7. The predicted octanol–water partition coefficient (Wildman–Crippen LogP) is 4.16. The van der Waals surface area contributed by atoms with Gasteiger partial charge in [-0.05, 0) is 25.0 Å². The predicted molar refractivity (Wildman–Crippen MR) is 141 cm³/mol. The van der Waals surface area contributed by atoms with E-state index in [0.29, 0.717) is 6.42 Å².